The van der Waals surface area contributed by atoms with Crippen LogP contribution >= 0.6 is 0 Å². The van der Waals surface area contributed by atoms with Crippen LogP contribution in [0.5, 0.6) is 23.0 Å². The van der Waals surface area contributed by atoms with Gasteiger partial charge in [-0.25, -0.2) is 19.9 Å². The number of nitrogens with two attached hydrogens (primary N) is 2. The summed E-state index contributed by atoms with van der Waals surface area (Å²) in [6.45, 7) is 11.5. The number of hydrogen-bond donors (Lipinski definition) is 2. The van der Waals surface area contributed by atoms with Gasteiger partial charge in [0.1, 0.15) is 0 Å². The molecule has 0 fully saturated rings. The standard InChI is InChI=1S/C62H96N6O4/c1-5-9-13-17-21-25-29-33-37-69-55-41-51-52(42-56(55)70-38-34-30-26-22-18-14-10-6-2)60(50-47-67-62(64)68-48-50)54-44-58(72-40-36-32-28-24-20-16-12-8-4)57(71-39-35-31-27-23-19-15-11-7-3)43-53(54)59(51)49-45-65-61(63)66-46-49/h41-48H,5-40H2,1-4H3,(H2,63,65,66)(H2,64,67,68). The van der Waals surface area contributed by atoms with Crippen molar-refractivity contribution in [1.82, 2.24) is 19.9 Å². The summed E-state index contributed by atoms with van der Waals surface area (Å²) in [7, 11) is 0. The zero-order chi connectivity index (χ0) is 50.9. The average molecular weight is 989 g/mol. The summed E-state index contributed by atoms with van der Waals surface area (Å²) < 4.78 is 27.2. The van der Waals surface area contributed by atoms with E-state index in [1.54, 1.807) is 0 Å². The van der Waals surface area contributed by atoms with Crippen molar-refractivity contribution >= 4 is 33.4 Å². The molecule has 0 atom stereocenters. The maximum Gasteiger partial charge on any atom is 0.219 e. The van der Waals surface area contributed by atoms with Gasteiger partial charge in [-0.2, -0.15) is 0 Å². The minimum absolute atomic E-state index is 0.222. The van der Waals surface area contributed by atoms with Crippen molar-refractivity contribution in [2.75, 3.05) is 37.9 Å². The zero-order valence-corrected chi connectivity index (χ0v) is 45.7. The molecule has 10 heteroatoms. The Morgan fingerprint density at radius 3 is 0.694 bits per heavy atom. The number of unbranched alkanes of at least 4 members (excludes halogenated alkanes) is 28. The van der Waals surface area contributed by atoms with E-state index in [0.29, 0.717) is 26.4 Å². The van der Waals surface area contributed by atoms with Crippen LogP contribution in [0.4, 0.5) is 11.9 Å². The van der Waals surface area contributed by atoms with Gasteiger partial charge >= 0.3 is 0 Å². The third kappa shape index (κ3) is 20.2. The molecule has 3 aromatic carbocycles. The van der Waals surface area contributed by atoms with Crippen molar-refractivity contribution in [1.29, 1.82) is 0 Å². The number of rotatable bonds is 42. The van der Waals surface area contributed by atoms with Gasteiger partial charge in [-0.05, 0) is 71.5 Å². The van der Waals surface area contributed by atoms with Crippen LogP contribution in [-0.2, 0) is 0 Å². The van der Waals surface area contributed by atoms with Gasteiger partial charge in [0.15, 0.2) is 23.0 Å². The maximum atomic E-state index is 6.80. The molecule has 0 bridgehead atoms. The Morgan fingerprint density at radius 1 is 0.292 bits per heavy atom. The van der Waals surface area contributed by atoms with Gasteiger partial charge in [0.25, 0.3) is 0 Å². The van der Waals surface area contributed by atoms with Crippen LogP contribution in [0, 0.1) is 0 Å². The zero-order valence-electron chi connectivity index (χ0n) is 45.7. The molecular formula is C62H96N6O4. The Balaban J connectivity index is 1.59. The Hall–Kier alpha value is -4.86. The van der Waals surface area contributed by atoms with E-state index >= 15 is 0 Å². The van der Waals surface area contributed by atoms with E-state index in [9.17, 15) is 0 Å². The van der Waals surface area contributed by atoms with Crippen molar-refractivity contribution in [3.63, 3.8) is 0 Å². The van der Waals surface area contributed by atoms with Gasteiger partial charge < -0.3 is 30.4 Å². The smallest absolute Gasteiger partial charge is 0.219 e. The molecule has 5 rings (SSSR count). The molecule has 0 aliphatic rings. The van der Waals surface area contributed by atoms with Gasteiger partial charge in [0.05, 0.1) is 26.4 Å². The Bertz CT molecular complexity index is 1950. The van der Waals surface area contributed by atoms with Gasteiger partial charge in [-0.1, -0.05) is 207 Å². The summed E-state index contributed by atoms with van der Waals surface area (Å²) in [5, 5.41) is 3.87. The van der Waals surface area contributed by atoms with Crippen LogP contribution in [-0.4, -0.2) is 46.4 Å². The first kappa shape index (κ1) is 58.0. The van der Waals surface area contributed by atoms with Gasteiger partial charge in [-0.3, -0.25) is 0 Å². The topological polar surface area (TPSA) is 141 Å². The number of anilines is 2. The van der Waals surface area contributed by atoms with Crippen LogP contribution in [0.3, 0.4) is 0 Å². The van der Waals surface area contributed by atoms with E-state index in [-0.39, 0.29) is 11.9 Å². The molecule has 0 aliphatic heterocycles. The summed E-state index contributed by atoms with van der Waals surface area (Å²) >= 11 is 0. The second-order valence-electron chi connectivity index (χ2n) is 20.4. The molecule has 2 aromatic heterocycles. The van der Waals surface area contributed by atoms with Gasteiger partial charge in [0.2, 0.25) is 11.9 Å². The van der Waals surface area contributed by atoms with E-state index < -0.39 is 0 Å². The maximum absolute atomic E-state index is 6.80. The van der Waals surface area contributed by atoms with Crippen LogP contribution < -0.4 is 30.4 Å². The van der Waals surface area contributed by atoms with E-state index in [2.05, 4.69) is 71.9 Å². The predicted octanol–water partition coefficient (Wildman–Crippen LogP) is 18.1. The summed E-state index contributed by atoms with van der Waals surface area (Å²) in [6, 6.07) is 8.68. The first-order chi connectivity index (χ1) is 35.5. The normalized spacial score (nSPS) is 11.5. The van der Waals surface area contributed by atoms with Crippen LogP contribution in [0.25, 0.3) is 43.8 Å². The number of hydrogen-bond acceptors (Lipinski definition) is 10. The Labute approximate surface area is 436 Å². The highest BCUT2D eigenvalue weighted by atomic mass is 16.5. The molecule has 4 N–H and O–H groups in total. The highest BCUT2D eigenvalue weighted by molar-refractivity contribution is 6.22. The predicted molar refractivity (Wildman–Crippen MR) is 305 cm³/mol. The quantitative estimate of drug-likeness (QED) is 0.0287. The lowest BCUT2D eigenvalue weighted by molar-refractivity contribution is 0.259. The summed E-state index contributed by atoms with van der Waals surface area (Å²) in [5.41, 5.74) is 15.9. The number of nitrogen functional groups attached to an aromatic ring is 2. The molecule has 0 spiro atoms. The molecule has 10 nitrogen and oxygen atoms in total. The number of fused-ring (bicyclic) bond motifs is 2. The second kappa shape index (κ2) is 35.3. The molecule has 5 aromatic rings. The second-order valence-corrected chi connectivity index (χ2v) is 20.4. The van der Waals surface area contributed by atoms with Crippen molar-refractivity contribution < 1.29 is 18.9 Å². The molecule has 0 saturated carbocycles. The molecule has 2 heterocycles. The number of nitrogens with zero attached hydrogens (tertiary/aromatic N) is 4. The number of aromatic nitrogens is 4. The van der Waals surface area contributed by atoms with E-state index in [1.165, 1.54) is 154 Å². The molecule has 0 unspecified atom stereocenters. The summed E-state index contributed by atoms with van der Waals surface area (Å²) in [6.07, 6.45) is 46.6. The lowest BCUT2D eigenvalue weighted by atomic mass is 9.86. The average Bonchev–Trinajstić information content (AvgIpc) is 3.39. The first-order valence-corrected chi connectivity index (χ1v) is 29.3. The SMILES string of the molecule is CCCCCCCCCCOc1cc2c(-c3cnc(N)nc3)c3cc(OCCCCCCCCCC)c(OCCCCCCCCCC)cc3c(-c3cnc(N)nc3)c2cc1OCCCCCCCCCC. The minimum atomic E-state index is 0.222. The highest BCUT2D eigenvalue weighted by Crippen LogP contribution is 2.49. The fraction of sp³-hybridized carbons (Fsp3) is 0.645. The molecule has 0 radical (unpaired) electrons. The van der Waals surface area contributed by atoms with E-state index in [1.807, 2.05) is 24.8 Å². The van der Waals surface area contributed by atoms with Crippen molar-refractivity contribution in [3.05, 3.63) is 49.1 Å². The Kier molecular flexibility index (Phi) is 28.5. The van der Waals surface area contributed by atoms with E-state index in [0.717, 1.165) is 118 Å². The van der Waals surface area contributed by atoms with Crippen molar-refractivity contribution in [3.8, 4) is 45.3 Å². The van der Waals surface area contributed by atoms with Gasteiger partial charge in [0, 0.05) is 47.0 Å². The monoisotopic (exact) mass is 989 g/mol. The van der Waals surface area contributed by atoms with E-state index in [4.69, 9.17) is 30.4 Å². The molecule has 0 amide bonds. The van der Waals surface area contributed by atoms with Crippen LogP contribution in [0.15, 0.2) is 49.1 Å². The number of ether oxygens (including phenoxy) is 4. The fourth-order valence-electron chi connectivity index (χ4n) is 9.92. The minimum Gasteiger partial charge on any atom is -0.490 e. The molecule has 398 valence electrons. The third-order valence-electron chi connectivity index (χ3n) is 14.2. The number of benzene rings is 3. The Morgan fingerprint density at radius 2 is 0.486 bits per heavy atom. The highest BCUT2D eigenvalue weighted by Gasteiger charge is 2.24. The van der Waals surface area contributed by atoms with Crippen LogP contribution in [0.1, 0.15) is 233 Å². The molecule has 0 saturated heterocycles. The third-order valence-corrected chi connectivity index (χ3v) is 14.2. The van der Waals surface area contributed by atoms with Gasteiger partial charge in [-0.15, -0.1) is 0 Å². The fourth-order valence-corrected chi connectivity index (χ4v) is 9.92. The van der Waals surface area contributed by atoms with Crippen molar-refractivity contribution in [2.45, 2.75) is 233 Å². The summed E-state index contributed by atoms with van der Waals surface area (Å²) in [5.74, 6) is 3.38. The molecule has 0 aliphatic carbocycles. The van der Waals surface area contributed by atoms with Crippen molar-refractivity contribution in [2.24, 2.45) is 0 Å². The lowest BCUT2D eigenvalue weighted by Gasteiger charge is -2.22. The first-order valence-electron chi connectivity index (χ1n) is 29.3. The lowest BCUT2D eigenvalue weighted by Crippen LogP contribution is -2.05. The summed E-state index contributed by atoms with van der Waals surface area (Å²) in [4.78, 5) is 18.1. The molecule has 72 heavy (non-hydrogen) atoms. The molecular weight excluding hydrogens is 893 g/mol. The largest absolute Gasteiger partial charge is 0.490 e. The van der Waals surface area contributed by atoms with Crippen LogP contribution in [0.2, 0.25) is 0 Å².